The molecular formula is C31H26Cl2F3N9O6. The standard InChI is InChI=1S/C29H25Cl2N9O4.C2HF3O2/c1-16-3-2-4-24(21-9-17(7-8-32-21)28-22(35-29(16)44)12-34-40(28)14-27(42)43)38-15-33-20(11-26(38)41)19-10-18(30)5-6-23(19)39-13-25(31)36-37-39;3-2(4,5)1(6)7/h5-13,15-16,24H,2-4,14H2,1H3,(H,35,44)(H,42,43);(H,6,7)/t16-,24+;/m1./s1. The molecule has 51 heavy (non-hydrogen) atoms. The predicted molar refractivity (Wildman–Crippen MR) is 175 cm³/mol. The lowest BCUT2D eigenvalue weighted by molar-refractivity contribution is -0.192. The van der Waals surface area contributed by atoms with Crippen molar-refractivity contribution in [1.29, 1.82) is 0 Å². The number of aromatic nitrogens is 8. The Morgan fingerprint density at radius 1 is 1.06 bits per heavy atom. The van der Waals surface area contributed by atoms with Gasteiger partial charge >= 0.3 is 18.1 Å². The first-order valence-corrected chi connectivity index (χ1v) is 15.7. The van der Waals surface area contributed by atoms with Crippen molar-refractivity contribution in [2.75, 3.05) is 5.32 Å². The third-order valence-electron chi connectivity index (χ3n) is 7.70. The zero-order chi connectivity index (χ0) is 37.0. The number of fused-ring (bicyclic) bond motifs is 4. The Bertz CT molecular complexity index is 2170. The fraction of sp³-hybridized carbons (Fsp3) is 0.258. The van der Waals surface area contributed by atoms with Crippen molar-refractivity contribution in [3.05, 3.63) is 87.5 Å². The molecule has 1 aromatic carbocycles. The van der Waals surface area contributed by atoms with E-state index in [9.17, 15) is 32.7 Å². The Kier molecular flexibility index (Phi) is 10.8. The first kappa shape index (κ1) is 36.7. The number of aliphatic carboxylic acids is 2. The highest BCUT2D eigenvalue weighted by Gasteiger charge is 2.38. The lowest BCUT2D eigenvalue weighted by Crippen LogP contribution is -2.27. The second-order valence-electron chi connectivity index (χ2n) is 11.2. The second-order valence-corrected chi connectivity index (χ2v) is 12.1. The van der Waals surface area contributed by atoms with Crippen LogP contribution in [-0.2, 0) is 20.9 Å². The van der Waals surface area contributed by atoms with Crippen LogP contribution in [0, 0.1) is 5.92 Å². The van der Waals surface area contributed by atoms with Crippen LogP contribution in [0.1, 0.15) is 37.9 Å². The lowest BCUT2D eigenvalue weighted by Gasteiger charge is -2.22. The zero-order valence-electron chi connectivity index (χ0n) is 26.3. The maximum Gasteiger partial charge on any atom is 0.490 e. The quantitative estimate of drug-likeness (QED) is 0.216. The first-order valence-electron chi connectivity index (χ1n) is 14.9. The van der Waals surface area contributed by atoms with Gasteiger partial charge in [-0.15, -0.1) is 5.10 Å². The van der Waals surface area contributed by atoms with Crippen LogP contribution in [0.25, 0.3) is 28.2 Å². The average molecular weight is 749 g/mol. The molecule has 2 bridgehead atoms. The van der Waals surface area contributed by atoms with Gasteiger partial charge in [0.05, 0.1) is 53.2 Å². The minimum atomic E-state index is -5.08. The van der Waals surface area contributed by atoms with Crippen LogP contribution >= 0.6 is 23.2 Å². The summed E-state index contributed by atoms with van der Waals surface area (Å²) < 4.78 is 36.0. The Labute approximate surface area is 295 Å². The van der Waals surface area contributed by atoms with Crippen molar-refractivity contribution in [2.24, 2.45) is 5.92 Å². The molecule has 1 aliphatic heterocycles. The molecule has 2 atom stereocenters. The van der Waals surface area contributed by atoms with Gasteiger partial charge < -0.3 is 15.5 Å². The lowest BCUT2D eigenvalue weighted by atomic mass is 9.97. The van der Waals surface area contributed by atoms with E-state index >= 15 is 0 Å². The number of carboxylic acids is 2. The molecule has 0 saturated carbocycles. The molecule has 266 valence electrons. The number of nitrogens with one attached hydrogen (secondary N) is 1. The maximum absolute atomic E-state index is 13.7. The van der Waals surface area contributed by atoms with Crippen LogP contribution in [0.4, 0.5) is 18.9 Å². The fourth-order valence-corrected chi connectivity index (χ4v) is 5.61. The second kappa shape index (κ2) is 15.1. The number of amides is 1. The number of carboxylic acid groups (broad SMARTS) is 2. The third-order valence-corrected chi connectivity index (χ3v) is 8.11. The number of carbonyl (C=O) groups is 3. The molecule has 0 fully saturated rings. The van der Waals surface area contributed by atoms with Gasteiger partial charge in [-0.1, -0.05) is 41.8 Å². The molecular weight excluding hydrogens is 722 g/mol. The number of hydrogen-bond acceptors (Lipinski definition) is 9. The van der Waals surface area contributed by atoms with Crippen molar-refractivity contribution < 1.29 is 37.8 Å². The van der Waals surface area contributed by atoms with E-state index in [1.54, 1.807) is 36.5 Å². The molecule has 5 heterocycles. The summed E-state index contributed by atoms with van der Waals surface area (Å²) in [5.74, 6) is -4.39. The summed E-state index contributed by atoms with van der Waals surface area (Å²) in [4.78, 5) is 56.4. The van der Waals surface area contributed by atoms with E-state index < -0.39 is 30.7 Å². The van der Waals surface area contributed by atoms with Gasteiger partial charge in [0.25, 0.3) is 5.56 Å². The molecule has 0 saturated heterocycles. The van der Waals surface area contributed by atoms with E-state index in [4.69, 9.17) is 33.1 Å². The molecule has 0 unspecified atom stereocenters. The van der Waals surface area contributed by atoms with Gasteiger partial charge in [0.1, 0.15) is 6.54 Å². The summed E-state index contributed by atoms with van der Waals surface area (Å²) in [5.41, 5.74) is 3.18. The number of rotatable bonds is 5. The van der Waals surface area contributed by atoms with Crippen molar-refractivity contribution in [3.8, 4) is 28.2 Å². The monoisotopic (exact) mass is 747 g/mol. The number of pyridine rings is 1. The topological polar surface area (TPSA) is 200 Å². The highest BCUT2D eigenvalue weighted by Crippen LogP contribution is 2.33. The Hall–Kier alpha value is -5.62. The van der Waals surface area contributed by atoms with Crippen LogP contribution < -0.4 is 10.9 Å². The Morgan fingerprint density at radius 3 is 2.45 bits per heavy atom. The molecule has 15 nitrogen and oxygen atoms in total. The summed E-state index contributed by atoms with van der Waals surface area (Å²) in [7, 11) is 0. The SMILES string of the molecule is C[C@@H]1CCC[C@H](n2cnc(-c3cc(Cl)ccc3-n3cc(Cl)nn3)cc2=O)c2cc(ccn2)-c2c(cnn2CC(=O)O)NC1=O.O=C(O)C(F)(F)F. The zero-order valence-corrected chi connectivity index (χ0v) is 27.8. The van der Waals surface area contributed by atoms with Crippen molar-refractivity contribution >= 4 is 46.7 Å². The number of carbonyl (C=O) groups excluding carboxylic acids is 1. The van der Waals surface area contributed by atoms with E-state index in [-0.39, 0.29) is 22.5 Å². The van der Waals surface area contributed by atoms with Crippen molar-refractivity contribution in [1.82, 2.24) is 39.3 Å². The molecule has 3 N–H and O–H groups in total. The van der Waals surface area contributed by atoms with E-state index in [0.29, 0.717) is 63.9 Å². The van der Waals surface area contributed by atoms with E-state index in [0.717, 1.165) is 0 Å². The summed E-state index contributed by atoms with van der Waals surface area (Å²) in [5, 5.41) is 32.2. The Balaban J connectivity index is 0.000000654. The third kappa shape index (κ3) is 8.58. The van der Waals surface area contributed by atoms with E-state index in [2.05, 4.69) is 30.7 Å². The van der Waals surface area contributed by atoms with Gasteiger partial charge in [-0.3, -0.25) is 28.6 Å². The fourth-order valence-electron chi connectivity index (χ4n) is 5.31. The van der Waals surface area contributed by atoms with Crippen LogP contribution in [0.15, 0.2) is 66.1 Å². The summed E-state index contributed by atoms with van der Waals surface area (Å²) in [6.45, 7) is 1.42. The molecule has 6 rings (SSSR count). The number of alkyl halides is 3. The maximum atomic E-state index is 13.7. The van der Waals surface area contributed by atoms with Crippen molar-refractivity contribution in [3.63, 3.8) is 0 Å². The van der Waals surface area contributed by atoms with Crippen LogP contribution in [0.5, 0.6) is 0 Å². The van der Waals surface area contributed by atoms with Gasteiger partial charge in [0.2, 0.25) is 5.91 Å². The molecule has 5 aromatic rings. The molecule has 1 amide bonds. The number of nitrogens with zero attached hydrogens (tertiary/aromatic N) is 8. The number of anilines is 1. The normalized spacial score (nSPS) is 16.1. The first-order chi connectivity index (χ1) is 24.1. The number of benzene rings is 1. The average Bonchev–Trinajstić information content (AvgIpc) is 3.67. The van der Waals surface area contributed by atoms with Crippen molar-refractivity contribution in [2.45, 2.75) is 44.9 Å². The highest BCUT2D eigenvalue weighted by molar-refractivity contribution is 6.31. The molecule has 0 aliphatic carbocycles. The largest absolute Gasteiger partial charge is 0.490 e. The molecule has 4 aromatic heterocycles. The summed E-state index contributed by atoms with van der Waals surface area (Å²) >= 11 is 12.3. The van der Waals surface area contributed by atoms with Crippen LogP contribution in [0.2, 0.25) is 10.2 Å². The number of hydrogen-bond donors (Lipinski definition) is 3. The predicted octanol–water partition coefficient (Wildman–Crippen LogP) is 5.12. The summed E-state index contributed by atoms with van der Waals surface area (Å²) in [6, 6.07) is 9.50. The minimum Gasteiger partial charge on any atom is -0.480 e. The van der Waals surface area contributed by atoms with E-state index in [1.807, 2.05) is 6.92 Å². The van der Waals surface area contributed by atoms with Gasteiger partial charge in [0, 0.05) is 34.3 Å². The van der Waals surface area contributed by atoms with Crippen LogP contribution in [-0.4, -0.2) is 73.5 Å². The molecule has 1 aliphatic rings. The molecule has 20 heteroatoms. The van der Waals surface area contributed by atoms with Gasteiger partial charge in [-0.2, -0.15) is 18.3 Å². The Morgan fingerprint density at radius 2 is 1.80 bits per heavy atom. The van der Waals surface area contributed by atoms with Gasteiger partial charge in [0.15, 0.2) is 5.15 Å². The van der Waals surface area contributed by atoms with Gasteiger partial charge in [-0.25, -0.2) is 14.5 Å². The van der Waals surface area contributed by atoms with Crippen LogP contribution in [0.3, 0.4) is 0 Å². The molecule has 0 spiro atoms. The minimum absolute atomic E-state index is 0.205. The highest BCUT2D eigenvalue weighted by atomic mass is 35.5. The van der Waals surface area contributed by atoms with Gasteiger partial charge in [-0.05, 0) is 43.2 Å². The van der Waals surface area contributed by atoms with E-state index in [1.165, 1.54) is 38.7 Å². The smallest absolute Gasteiger partial charge is 0.480 e. The summed E-state index contributed by atoms with van der Waals surface area (Å²) in [6.07, 6.45) is 2.62. The number of halogens is 5. The molecule has 0 radical (unpaired) electrons.